The van der Waals surface area contributed by atoms with E-state index < -0.39 is 10.2 Å². The van der Waals surface area contributed by atoms with Gasteiger partial charge >= 0.3 is 0 Å². The fourth-order valence-electron chi connectivity index (χ4n) is 3.08. The van der Waals surface area contributed by atoms with Crippen LogP contribution in [-0.4, -0.2) is 53.1 Å². The van der Waals surface area contributed by atoms with Gasteiger partial charge in [0.1, 0.15) is 0 Å². The van der Waals surface area contributed by atoms with E-state index in [-0.39, 0.29) is 5.91 Å². The Bertz CT molecular complexity index is 745. The summed E-state index contributed by atoms with van der Waals surface area (Å²) in [7, 11) is -0.641. The van der Waals surface area contributed by atoms with Crippen molar-refractivity contribution in [3.8, 4) is 11.5 Å². The summed E-state index contributed by atoms with van der Waals surface area (Å²) in [6.07, 6.45) is 2.29. The lowest BCUT2D eigenvalue weighted by Crippen LogP contribution is -2.40. The Morgan fingerprint density at radius 1 is 1.23 bits per heavy atom. The second kappa shape index (κ2) is 8.56. The van der Waals surface area contributed by atoms with Crippen LogP contribution in [0.3, 0.4) is 0 Å². The Balaban J connectivity index is 1.96. The zero-order valence-electron chi connectivity index (χ0n) is 15.0. The third-order valence-electron chi connectivity index (χ3n) is 4.54. The number of hydrogen-bond acceptors (Lipinski definition) is 6. The molecule has 2 rings (SSSR count). The molecule has 1 aromatic rings. The molecule has 10 heteroatoms. The van der Waals surface area contributed by atoms with E-state index >= 15 is 0 Å². The number of carbonyl (C=O) groups is 1. The van der Waals surface area contributed by atoms with Gasteiger partial charge in [-0.3, -0.25) is 4.79 Å². The summed E-state index contributed by atoms with van der Waals surface area (Å²) in [4.78, 5) is 14.5. The van der Waals surface area contributed by atoms with Crippen LogP contribution in [0.5, 0.6) is 11.5 Å². The Morgan fingerprint density at radius 2 is 1.81 bits per heavy atom. The quantitative estimate of drug-likeness (QED) is 0.577. The predicted molar refractivity (Wildman–Crippen MR) is 98.3 cm³/mol. The molecule has 0 aromatic heterocycles. The number of nitrogens with two attached hydrogens (primary N) is 2. The van der Waals surface area contributed by atoms with Gasteiger partial charge in [0, 0.05) is 31.4 Å². The van der Waals surface area contributed by atoms with Crippen LogP contribution in [0.1, 0.15) is 29.6 Å². The molecule has 1 heterocycles. The largest absolute Gasteiger partial charge is 0.493 e. The molecule has 1 aromatic carbocycles. The smallest absolute Gasteiger partial charge is 0.274 e. The topological polar surface area (TPSA) is 137 Å². The number of methoxy groups -OCH3 is 2. The van der Waals surface area contributed by atoms with Gasteiger partial charge in [0.2, 0.25) is 0 Å². The maximum Gasteiger partial charge on any atom is 0.274 e. The molecule has 1 saturated heterocycles. The van der Waals surface area contributed by atoms with Gasteiger partial charge in [-0.05, 0) is 31.2 Å². The van der Waals surface area contributed by atoms with Crippen molar-refractivity contribution < 1.29 is 22.7 Å². The minimum Gasteiger partial charge on any atom is -0.493 e. The number of rotatable bonds is 7. The summed E-state index contributed by atoms with van der Waals surface area (Å²) in [6, 6.07) is 3.18. The monoisotopic (exact) mass is 386 g/mol. The Kier molecular flexibility index (Phi) is 6.68. The second-order valence-electron chi connectivity index (χ2n) is 6.26. The molecule has 26 heavy (non-hydrogen) atoms. The average molecular weight is 386 g/mol. The number of benzene rings is 1. The summed E-state index contributed by atoms with van der Waals surface area (Å²) in [5.74, 6) is 1.12. The molecule has 0 radical (unpaired) electrons. The molecule has 9 nitrogen and oxygen atoms in total. The molecule has 0 unspecified atom stereocenters. The lowest BCUT2D eigenvalue weighted by atomic mass is 9.93. The number of carbonyl (C=O) groups excluding carboxylic acids is 1. The molecule has 5 N–H and O–H groups in total. The number of nitrogens with zero attached hydrogens (tertiary/aromatic N) is 1. The van der Waals surface area contributed by atoms with Crippen molar-refractivity contribution in [2.75, 3.05) is 39.6 Å². The first-order chi connectivity index (χ1) is 12.2. The Hall–Kier alpha value is -2.04. The molecule has 1 aliphatic heterocycles. The zero-order valence-corrected chi connectivity index (χ0v) is 15.8. The minimum atomic E-state index is -3.65. The second-order valence-corrected chi connectivity index (χ2v) is 7.64. The van der Waals surface area contributed by atoms with Crippen molar-refractivity contribution in [1.29, 1.82) is 0 Å². The molecule has 0 atom stereocenters. The van der Waals surface area contributed by atoms with Crippen LogP contribution in [0.25, 0.3) is 0 Å². The van der Waals surface area contributed by atoms with Crippen molar-refractivity contribution >= 4 is 21.8 Å². The maximum absolute atomic E-state index is 12.8. The van der Waals surface area contributed by atoms with Crippen LogP contribution in [0.2, 0.25) is 0 Å². The van der Waals surface area contributed by atoms with E-state index in [1.807, 2.05) is 0 Å². The van der Waals surface area contributed by atoms with Crippen LogP contribution in [0, 0.1) is 5.92 Å². The summed E-state index contributed by atoms with van der Waals surface area (Å²) in [5, 5.41) is 4.91. The highest BCUT2D eigenvalue weighted by atomic mass is 32.2. The first kappa shape index (κ1) is 20.3. The van der Waals surface area contributed by atoms with Gasteiger partial charge in [-0.1, -0.05) is 0 Å². The van der Waals surface area contributed by atoms with Crippen molar-refractivity contribution in [2.45, 2.75) is 19.3 Å². The van der Waals surface area contributed by atoms with E-state index in [2.05, 4.69) is 4.72 Å². The van der Waals surface area contributed by atoms with E-state index in [9.17, 15) is 13.2 Å². The van der Waals surface area contributed by atoms with Gasteiger partial charge in [0.05, 0.1) is 19.8 Å². The molecule has 1 aliphatic rings. The molecule has 0 bridgehead atoms. The van der Waals surface area contributed by atoms with Crippen molar-refractivity contribution in [1.82, 2.24) is 9.62 Å². The highest BCUT2D eigenvalue weighted by Gasteiger charge is 2.26. The average Bonchev–Trinajstić information content (AvgIpc) is 2.60. The number of amides is 1. The summed E-state index contributed by atoms with van der Waals surface area (Å²) >= 11 is 0. The molecular formula is C16H26N4O5S. The fourth-order valence-corrected chi connectivity index (χ4v) is 3.48. The Labute approximate surface area is 153 Å². The van der Waals surface area contributed by atoms with Crippen molar-refractivity contribution in [3.05, 3.63) is 17.7 Å². The number of likely N-dealkylation sites (tertiary alicyclic amines) is 1. The molecule has 0 aliphatic carbocycles. The van der Waals surface area contributed by atoms with E-state index in [1.54, 1.807) is 17.0 Å². The lowest BCUT2D eigenvalue weighted by Gasteiger charge is -2.32. The van der Waals surface area contributed by atoms with E-state index in [0.29, 0.717) is 54.7 Å². The highest BCUT2D eigenvalue weighted by molar-refractivity contribution is 7.87. The number of nitrogen functional groups attached to an aromatic ring is 1. The minimum absolute atomic E-state index is 0.149. The van der Waals surface area contributed by atoms with E-state index in [0.717, 1.165) is 12.8 Å². The third kappa shape index (κ3) is 5.23. The third-order valence-corrected chi connectivity index (χ3v) is 5.15. The first-order valence-electron chi connectivity index (χ1n) is 8.33. The van der Waals surface area contributed by atoms with Crippen LogP contribution < -0.4 is 25.1 Å². The zero-order chi connectivity index (χ0) is 19.3. The highest BCUT2D eigenvalue weighted by Crippen LogP contribution is 2.33. The molecule has 0 spiro atoms. The number of hydrogen-bond donors (Lipinski definition) is 3. The van der Waals surface area contributed by atoms with Gasteiger partial charge in [-0.2, -0.15) is 8.42 Å². The fraction of sp³-hybridized carbons (Fsp3) is 0.562. The number of ether oxygens (including phenoxy) is 2. The predicted octanol–water partition coefficient (Wildman–Crippen LogP) is 0.321. The van der Waals surface area contributed by atoms with Crippen molar-refractivity contribution in [2.24, 2.45) is 11.1 Å². The number of nitrogens with one attached hydrogen (secondary N) is 1. The normalized spacial score (nSPS) is 15.7. The van der Waals surface area contributed by atoms with Gasteiger partial charge in [0.15, 0.2) is 11.5 Å². The lowest BCUT2D eigenvalue weighted by molar-refractivity contribution is 0.0688. The van der Waals surface area contributed by atoms with Gasteiger partial charge in [-0.15, -0.1) is 0 Å². The van der Waals surface area contributed by atoms with Crippen molar-refractivity contribution in [3.63, 3.8) is 0 Å². The molecule has 146 valence electrons. The number of piperidine rings is 1. The van der Waals surface area contributed by atoms with Crippen LogP contribution in [-0.2, 0) is 10.2 Å². The maximum atomic E-state index is 12.8. The summed E-state index contributed by atoms with van der Waals surface area (Å²) in [5.41, 5.74) is 6.73. The summed E-state index contributed by atoms with van der Waals surface area (Å²) < 4.78 is 34.5. The molecule has 1 amide bonds. The van der Waals surface area contributed by atoms with Gasteiger partial charge < -0.3 is 20.1 Å². The molecular weight excluding hydrogens is 360 g/mol. The standard InChI is InChI=1S/C16H26N4O5S/c1-24-14-9-12(13(17)10-15(14)25-2)16(21)20-7-4-11(5-8-20)3-6-19-26(18,22)23/h9-11,19H,3-8,17H2,1-2H3,(H2,18,22,23). The van der Waals surface area contributed by atoms with Crippen LogP contribution in [0.15, 0.2) is 12.1 Å². The van der Waals surface area contributed by atoms with Gasteiger partial charge in [-0.25, -0.2) is 9.86 Å². The van der Waals surface area contributed by atoms with Gasteiger partial charge in [0.25, 0.3) is 16.1 Å². The molecule has 1 fully saturated rings. The first-order valence-corrected chi connectivity index (χ1v) is 9.88. The van der Waals surface area contributed by atoms with Crippen LogP contribution >= 0.6 is 0 Å². The SMILES string of the molecule is COc1cc(N)c(C(=O)N2CCC(CCNS(N)(=O)=O)CC2)cc1OC. The summed E-state index contributed by atoms with van der Waals surface area (Å²) in [6.45, 7) is 1.49. The van der Waals surface area contributed by atoms with Crippen LogP contribution in [0.4, 0.5) is 5.69 Å². The molecule has 0 saturated carbocycles. The Morgan fingerprint density at radius 3 is 2.35 bits per heavy atom. The van der Waals surface area contributed by atoms with E-state index in [1.165, 1.54) is 14.2 Å². The number of anilines is 1. The van der Waals surface area contributed by atoms with E-state index in [4.69, 9.17) is 20.3 Å².